The van der Waals surface area contributed by atoms with E-state index in [1.165, 1.54) is 12.1 Å². The third-order valence-corrected chi connectivity index (χ3v) is 2.46. The minimum atomic E-state index is -0.747. The van der Waals surface area contributed by atoms with Crippen molar-refractivity contribution in [2.45, 2.75) is 13.8 Å². The van der Waals surface area contributed by atoms with Crippen LogP contribution in [0, 0.1) is 23.1 Å². The van der Waals surface area contributed by atoms with E-state index in [0.29, 0.717) is 5.70 Å². The Bertz CT molecular complexity index is 585. The molecule has 6 heteroatoms. The highest BCUT2D eigenvalue weighted by Gasteiger charge is 2.11. The quantitative estimate of drug-likeness (QED) is 0.723. The van der Waals surface area contributed by atoms with Crippen LogP contribution < -0.4 is 11.5 Å². The maximum absolute atomic E-state index is 13.5. The third-order valence-electron chi connectivity index (χ3n) is 2.46. The first-order valence-electron chi connectivity index (χ1n) is 5.59. The summed E-state index contributed by atoms with van der Waals surface area (Å²) in [6, 6.07) is 5.21. The summed E-state index contributed by atoms with van der Waals surface area (Å²) in [5.41, 5.74) is 11.6. The first-order valence-corrected chi connectivity index (χ1v) is 5.59. The lowest BCUT2D eigenvalue weighted by molar-refractivity contribution is 0.469. The molecule has 0 radical (unpaired) electrons. The van der Waals surface area contributed by atoms with Gasteiger partial charge in [0.1, 0.15) is 17.5 Å². The average molecular weight is 262 g/mol. The Balaban J connectivity index is 3.28. The zero-order chi connectivity index (χ0) is 14.6. The van der Waals surface area contributed by atoms with Crippen molar-refractivity contribution in [1.82, 2.24) is 0 Å². The molecule has 19 heavy (non-hydrogen) atoms. The van der Waals surface area contributed by atoms with Gasteiger partial charge in [-0.25, -0.2) is 9.38 Å². The maximum Gasteiger partial charge on any atom is 0.165 e. The number of benzene rings is 1. The van der Waals surface area contributed by atoms with E-state index in [9.17, 15) is 4.39 Å². The van der Waals surface area contributed by atoms with Gasteiger partial charge in [0.15, 0.2) is 11.5 Å². The topological polar surface area (TPSA) is 108 Å². The van der Waals surface area contributed by atoms with Gasteiger partial charge >= 0.3 is 0 Å². The van der Waals surface area contributed by atoms with Crippen molar-refractivity contribution in [3.63, 3.8) is 0 Å². The number of hydrogen-bond donors (Lipinski definition) is 3. The van der Waals surface area contributed by atoms with Crippen molar-refractivity contribution < 1.29 is 9.50 Å². The molecular formula is C13H15FN4O. The van der Waals surface area contributed by atoms with Gasteiger partial charge in [0.2, 0.25) is 0 Å². The van der Waals surface area contributed by atoms with Crippen LogP contribution in [0.15, 0.2) is 34.6 Å². The zero-order valence-electron chi connectivity index (χ0n) is 10.7. The molecule has 5 nitrogen and oxygen atoms in total. The van der Waals surface area contributed by atoms with Gasteiger partial charge in [0.05, 0.1) is 5.70 Å². The fourth-order valence-corrected chi connectivity index (χ4v) is 1.30. The van der Waals surface area contributed by atoms with Crippen LogP contribution >= 0.6 is 0 Å². The second-order valence-electron chi connectivity index (χ2n) is 4.23. The molecule has 1 rings (SSSR count). The Labute approximate surface area is 110 Å². The third kappa shape index (κ3) is 3.45. The Morgan fingerprint density at radius 3 is 2.53 bits per heavy atom. The highest BCUT2D eigenvalue weighted by Crippen LogP contribution is 2.23. The molecule has 1 aromatic rings. The summed E-state index contributed by atoms with van der Waals surface area (Å²) < 4.78 is 13.5. The van der Waals surface area contributed by atoms with Crippen LogP contribution in [0.25, 0.3) is 0 Å². The van der Waals surface area contributed by atoms with Crippen molar-refractivity contribution in [2.75, 3.05) is 0 Å². The van der Waals surface area contributed by atoms with Crippen molar-refractivity contribution in [1.29, 1.82) is 5.26 Å². The number of halogens is 1. The lowest BCUT2D eigenvalue weighted by atomic mass is 10.1. The summed E-state index contributed by atoms with van der Waals surface area (Å²) in [7, 11) is 0. The van der Waals surface area contributed by atoms with Crippen LogP contribution in [0.3, 0.4) is 0 Å². The highest BCUT2D eigenvalue weighted by molar-refractivity contribution is 6.12. The molecule has 0 bridgehead atoms. The van der Waals surface area contributed by atoms with Gasteiger partial charge in [-0.2, -0.15) is 5.26 Å². The number of nitrogens with zero attached hydrogens (tertiary/aromatic N) is 2. The van der Waals surface area contributed by atoms with E-state index in [1.807, 2.05) is 13.8 Å². The zero-order valence-corrected chi connectivity index (χ0v) is 10.7. The predicted molar refractivity (Wildman–Crippen MR) is 71.0 cm³/mol. The minimum absolute atomic E-state index is 0.0324. The molecule has 0 aliphatic carbocycles. The molecule has 5 N–H and O–H groups in total. The van der Waals surface area contributed by atoms with Crippen LogP contribution in [0.2, 0.25) is 0 Å². The van der Waals surface area contributed by atoms with Gasteiger partial charge in [-0.05, 0) is 18.1 Å². The van der Waals surface area contributed by atoms with Gasteiger partial charge in [-0.15, -0.1) is 0 Å². The van der Waals surface area contributed by atoms with Crippen molar-refractivity contribution in [3.8, 4) is 11.8 Å². The summed E-state index contributed by atoms with van der Waals surface area (Å²) in [5.74, 6) is -1.02. The second-order valence-corrected chi connectivity index (χ2v) is 4.23. The summed E-state index contributed by atoms with van der Waals surface area (Å²) in [6.45, 7) is 3.64. The molecule has 0 atom stereocenters. The molecule has 0 aliphatic heterocycles. The first-order chi connectivity index (χ1) is 8.86. The minimum Gasteiger partial charge on any atom is -0.508 e. The lowest BCUT2D eigenvalue weighted by Gasteiger charge is -2.09. The number of rotatable bonds is 3. The molecule has 1 aromatic carbocycles. The van der Waals surface area contributed by atoms with E-state index < -0.39 is 5.82 Å². The molecule has 0 aliphatic rings. The van der Waals surface area contributed by atoms with E-state index in [0.717, 1.165) is 6.07 Å². The van der Waals surface area contributed by atoms with Crippen molar-refractivity contribution >= 4 is 11.4 Å². The molecule has 0 spiro atoms. The number of phenolic OH excluding ortho intramolecular Hbond substituents is 1. The normalized spacial score (nSPS) is 13.1. The van der Waals surface area contributed by atoms with Crippen LogP contribution in [0.4, 0.5) is 10.1 Å². The number of aromatic hydroxyl groups is 1. The summed E-state index contributed by atoms with van der Waals surface area (Å²) >= 11 is 0. The molecule has 100 valence electrons. The smallest absolute Gasteiger partial charge is 0.165 e. The fourth-order valence-electron chi connectivity index (χ4n) is 1.30. The van der Waals surface area contributed by atoms with Gasteiger partial charge in [0.25, 0.3) is 0 Å². The van der Waals surface area contributed by atoms with Crippen LogP contribution in [0.1, 0.15) is 13.8 Å². The molecular weight excluding hydrogens is 247 g/mol. The molecule has 0 fully saturated rings. The van der Waals surface area contributed by atoms with Crippen LogP contribution in [-0.4, -0.2) is 10.8 Å². The Morgan fingerprint density at radius 1 is 1.42 bits per heavy atom. The Morgan fingerprint density at radius 2 is 2.05 bits per heavy atom. The second kappa shape index (κ2) is 5.87. The average Bonchev–Trinajstić information content (AvgIpc) is 2.36. The van der Waals surface area contributed by atoms with Gasteiger partial charge in [-0.1, -0.05) is 13.8 Å². The largest absolute Gasteiger partial charge is 0.508 e. The molecule has 0 amide bonds. The van der Waals surface area contributed by atoms with E-state index in [4.69, 9.17) is 21.8 Å². The van der Waals surface area contributed by atoms with E-state index >= 15 is 0 Å². The van der Waals surface area contributed by atoms with Crippen molar-refractivity contribution in [2.24, 2.45) is 22.4 Å². The van der Waals surface area contributed by atoms with E-state index in [2.05, 4.69) is 4.99 Å². The molecule has 0 saturated heterocycles. The number of nitriles is 1. The van der Waals surface area contributed by atoms with Gasteiger partial charge in [-0.3, -0.25) is 0 Å². The van der Waals surface area contributed by atoms with Crippen molar-refractivity contribution in [3.05, 3.63) is 35.4 Å². The number of phenols is 1. The monoisotopic (exact) mass is 262 g/mol. The predicted octanol–water partition coefficient (Wildman–Crippen LogP) is 1.91. The summed E-state index contributed by atoms with van der Waals surface area (Å²) in [6.07, 6.45) is 0. The van der Waals surface area contributed by atoms with E-state index in [1.54, 1.807) is 6.07 Å². The van der Waals surface area contributed by atoms with Gasteiger partial charge in [0, 0.05) is 11.8 Å². The highest BCUT2D eigenvalue weighted by atomic mass is 19.1. The molecule has 0 unspecified atom stereocenters. The number of nitrogens with two attached hydrogens (primary N) is 2. The maximum atomic E-state index is 13.5. The van der Waals surface area contributed by atoms with Gasteiger partial charge < -0.3 is 16.6 Å². The fraction of sp³-hybridized carbons (Fsp3) is 0.231. The SMILES string of the molecule is CC(C)/C(N)=C(\N)C(C#N)=Nc1ccc(O)cc1F. The molecule has 0 aromatic heterocycles. The standard InChI is InChI=1S/C13H15FN4O/c1-7(2)12(16)13(17)11(6-15)18-10-4-3-8(19)5-9(10)14/h3-5,7,19H,16-17H2,1-2H3/b13-12+,18-11?. The Hall–Kier alpha value is -2.55. The van der Waals surface area contributed by atoms with Crippen LogP contribution in [-0.2, 0) is 0 Å². The molecule has 0 heterocycles. The summed E-state index contributed by atoms with van der Waals surface area (Å²) in [4.78, 5) is 3.83. The van der Waals surface area contributed by atoms with Crippen LogP contribution in [0.5, 0.6) is 5.75 Å². The first kappa shape index (κ1) is 14.5. The number of hydrogen-bond acceptors (Lipinski definition) is 5. The summed E-state index contributed by atoms with van der Waals surface area (Å²) in [5, 5.41) is 18.1. The lowest BCUT2D eigenvalue weighted by Crippen LogP contribution is -2.20. The number of allylic oxidation sites excluding steroid dienone is 2. The van der Waals surface area contributed by atoms with E-state index in [-0.39, 0.29) is 28.8 Å². The Kier molecular flexibility index (Phi) is 4.48. The molecule has 0 saturated carbocycles. The number of aliphatic imine (C=N–C) groups is 1.